The molecule has 4 nitrogen and oxygen atoms in total. The first kappa shape index (κ1) is 18.0. The van der Waals surface area contributed by atoms with Gasteiger partial charge >= 0.3 is 12.1 Å². The number of hydrogen-bond acceptors (Lipinski definition) is 3. The van der Waals surface area contributed by atoms with E-state index < -0.39 is 17.7 Å². The largest absolute Gasteiger partial charge is 0.462 e. The quantitative estimate of drug-likeness (QED) is 0.446. The van der Waals surface area contributed by atoms with Crippen LogP contribution in [0, 0.1) is 0 Å². The highest BCUT2D eigenvalue weighted by atomic mass is 19.4. The molecular formula is C21H15F3N2O2. The van der Waals surface area contributed by atoms with Crippen LogP contribution < -0.4 is 0 Å². The molecule has 0 aliphatic heterocycles. The average molecular weight is 384 g/mol. The number of alkyl halides is 3. The number of hydrogen-bond donors (Lipinski definition) is 0. The maximum absolute atomic E-state index is 12.9. The minimum Gasteiger partial charge on any atom is -0.462 e. The molecule has 0 atom stereocenters. The lowest BCUT2D eigenvalue weighted by Gasteiger charge is -2.11. The van der Waals surface area contributed by atoms with Crippen molar-refractivity contribution in [3.63, 3.8) is 0 Å². The third-order valence-corrected chi connectivity index (χ3v) is 4.53. The maximum atomic E-state index is 12.9. The predicted molar refractivity (Wildman–Crippen MR) is 99.5 cm³/mol. The van der Waals surface area contributed by atoms with Crippen LogP contribution in [0.4, 0.5) is 13.2 Å². The Morgan fingerprint density at radius 1 is 1.04 bits per heavy atom. The molecule has 2 aromatic carbocycles. The molecule has 0 aliphatic rings. The smallest absolute Gasteiger partial charge is 0.416 e. The van der Waals surface area contributed by atoms with Crippen molar-refractivity contribution < 1.29 is 22.7 Å². The molecular weight excluding hydrogens is 369 g/mol. The van der Waals surface area contributed by atoms with Crippen molar-refractivity contribution in [1.82, 2.24) is 9.55 Å². The summed E-state index contributed by atoms with van der Waals surface area (Å²) in [5.74, 6) is -0.427. The van der Waals surface area contributed by atoms with E-state index in [4.69, 9.17) is 4.74 Å². The third-order valence-electron chi connectivity index (χ3n) is 4.53. The maximum Gasteiger partial charge on any atom is 0.416 e. The van der Waals surface area contributed by atoms with Crippen LogP contribution in [-0.2, 0) is 10.9 Å². The Morgan fingerprint density at radius 2 is 1.75 bits per heavy atom. The summed E-state index contributed by atoms with van der Waals surface area (Å²) in [6.45, 7) is 2.00. The zero-order valence-electron chi connectivity index (χ0n) is 14.8. The van der Waals surface area contributed by atoms with Gasteiger partial charge in [0, 0.05) is 28.9 Å². The number of rotatable bonds is 3. The van der Waals surface area contributed by atoms with Crippen LogP contribution in [0.2, 0.25) is 0 Å². The molecule has 28 heavy (non-hydrogen) atoms. The molecule has 0 saturated carbocycles. The van der Waals surface area contributed by atoms with E-state index in [0.717, 1.165) is 33.9 Å². The summed E-state index contributed by atoms with van der Waals surface area (Å²) in [4.78, 5) is 16.2. The molecule has 0 unspecified atom stereocenters. The molecule has 0 aliphatic carbocycles. The number of pyridine rings is 1. The van der Waals surface area contributed by atoms with Gasteiger partial charge in [-0.25, -0.2) is 4.79 Å². The van der Waals surface area contributed by atoms with Gasteiger partial charge in [-0.1, -0.05) is 0 Å². The molecule has 0 saturated heterocycles. The van der Waals surface area contributed by atoms with Gasteiger partial charge in [0.15, 0.2) is 0 Å². The van der Waals surface area contributed by atoms with Gasteiger partial charge in [0.1, 0.15) is 0 Å². The van der Waals surface area contributed by atoms with Crippen molar-refractivity contribution in [2.24, 2.45) is 0 Å². The molecule has 0 spiro atoms. The molecule has 0 bridgehead atoms. The lowest BCUT2D eigenvalue weighted by atomic mass is 10.1. The zero-order chi connectivity index (χ0) is 19.9. The Hall–Kier alpha value is -3.35. The van der Waals surface area contributed by atoms with Crippen molar-refractivity contribution in [1.29, 1.82) is 0 Å². The van der Waals surface area contributed by atoms with Crippen LogP contribution in [0.25, 0.3) is 27.5 Å². The number of esters is 1. The SMILES string of the molecule is CCOC(=O)c1ccc2c(c1)c1cnccc1n2-c1ccc(C(F)(F)F)cc1. The average Bonchev–Trinajstić information content (AvgIpc) is 3.01. The fourth-order valence-corrected chi connectivity index (χ4v) is 3.29. The van der Waals surface area contributed by atoms with Crippen LogP contribution >= 0.6 is 0 Å². The lowest BCUT2D eigenvalue weighted by Crippen LogP contribution is -2.05. The molecule has 4 aromatic rings. The van der Waals surface area contributed by atoms with Gasteiger partial charge in [-0.3, -0.25) is 4.98 Å². The van der Waals surface area contributed by atoms with Gasteiger partial charge < -0.3 is 9.30 Å². The number of ether oxygens (including phenoxy) is 1. The predicted octanol–water partition coefficient (Wildman–Crippen LogP) is 5.37. The number of carbonyl (C=O) groups excluding carboxylic acids is 1. The lowest BCUT2D eigenvalue weighted by molar-refractivity contribution is -0.137. The molecule has 0 radical (unpaired) electrons. The Balaban J connectivity index is 1.94. The summed E-state index contributed by atoms with van der Waals surface area (Å²) in [5, 5.41) is 1.57. The Morgan fingerprint density at radius 3 is 2.43 bits per heavy atom. The first-order valence-corrected chi connectivity index (χ1v) is 8.63. The Labute approximate surface area is 158 Å². The van der Waals surface area contributed by atoms with Crippen molar-refractivity contribution >= 4 is 27.8 Å². The minimum atomic E-state index is -4.39. The van der Waals surface area contributed by atoms with Crippen molar-refractivity contribution in [3.8, 4) is 5.69 Å². The van der Waals surface area contributed by atoms with Crippen LogP contribution in [0.5, 0.6) is 0 Å². The molecule has 0 amide bonds. The van der Waals surface area contributed by atoms with Crippen LogP contribution in [0.3, 0.4) is 0 Å². The first-order chi connectivity index (χ1) is 13.4. The third kappa shape index (κ3) is 2.98. The van der Waals surface area contributed by atoms with Crippen LogP contribution in [0.1, 0.15) is 22.8 Å². The summed E-state index contributed by atoms with van der Waals surface area (Å²) in [6.07, 6.45) is -1.10. The van der Waals surface area contributed by atoms with Gasteiger partial charge in [0.2, 0.25) is 0 Å². The van der Waals surface area contributed by atoms with Gasteiger partial charge in [0.25, 0.3) is 0 Å². The second-order valence-corrected chi connectivity index (χ2v) is 6.23. The van der Waals surface area contributed by atoms with E-state index in [2.05, 4.69) is 4.98 Å². The molecule has 142 valence electrons. The highest BCUT2D eigenvalue weighted by Gasteiger charge is 2.30. The topological polar surface area (TPSA) is 44.1 Å². The Kier molecular flexibility index (Phi) is 4.30. The first-order valence-electron chi connectivity index (χ1n) is 8.63. The van der Waals surface area contributed by atoms with Gasteiger partial charge in [-0.05, 0) is 55.5 Å². The highest BCUT2D eigenvalue weighted by molar-refractivity contribution is 6.10. The molecule has 4 rings (SSSR count). The van der Waals surface area contributed by atoms with Gasteiger partial charge in [-0.15, -0.1) is 0 Å². The number of halogens is 3. The number of nitrogens with zero attached hydrogens (tertiary/aromatic N) is 2. The van der Waals surface area contributed by atoms with E-state index in [-0.39, 0.29) is 6.61 Å². The standard InChI is InChI=1S/C21H15F3N2O2/c1-2-28-20(27)13-3-8-18-16(11-13)17-12-25-10-9-19(17)26(18)15-6-4-14(5-7-15)21(22,23)24/h3-12H,2H2,1H3. The van der Waals surface area contributed by atoms with Gasteiger partial charge in [0.05, 0.1) is 28.8 Å². The fraction of sp³-hybridized carbons (Fsp3) is 0.143. The monoisotopic (exact) mass is 384 g/mol. The van der Waals surface area contributed by atoms with E-state index in [1.54, 1.807) is 43.6 Å². The van der Waals surface area contributed by atoms with Crippen LogP contribution in [0.15, 0.2) is 60.9 Å². The number of carbonyl (C=O) groups is 1. The summed E-state index contributed by atoms with van der Waals surface area (Å²) in [6, 6.07) is 11.9. The molecule has 2 heterocycles. The summed E-state index contributed by atoms with van der Waals surface area (Å²) in [5.41, 5.74) is 1.83. The van der Waals surface area contributed by atoms with Crippen molar-refractivity contribution in [2.75, 3.05) is 6.61 Å². The number of aromatic nitrogens is 2. The summed E-state index contributed by atoms with van der Waals surface area (Å²) < 4.78 is 45.6. The van der Waals surface area contributed by atoms with Crippen molar-refractivity contribution in [3.05, 3.63) is 72.1 Å². The van der Waals surface area contributed by atoms with Gasteiger partial charge in [-0.2, -0.15) is 13.2 Å². The molecule has 0 fully saturated rings. The summed E-state index contributed by atoms with van der Waals surface area (Å²) in [7, 11) is 0. The van der Waals surface area contributed by atoms with Crippen molar-refractivity contribution in [2.45, 2.75) is 13.1 Å². The second kappa shape index (κ2) is 6.67. The number of benzene rings is 2. The molecule has 7 heteroatoms. The van der Waals surface area contributed by atoms with E-state index >= 15 is 0 Å². The minimum absolute atomic E-state index is 0.270. The second-order valence-electron chi connectivity index (χ2n) is 6.23. The summed E-state index contributed by atoms with van der Waals surface area (Å²) >= 11 is 0. The normalized spacial score (nSPS) is 11.9. The molecule has 0 N–H and O–H groups in total. The fourth-order valence-electron chi connectivity index (χ4n) is 3.29. The van der Waals surface area contributed by atoms with E-state index in [9.17, 15) is 18.0 Å². The Bertz CT molecular complexity index is 1180. The van der Waals surface area contributed by atoms with Crippen LogP contribution in [-0.4, -0.2) is 22.1 Å². The van der Waals surface area contributed by atoms with E-state index in [0.29, 0.717) is 11.3 Å². The number of fused-ring (bicyclic) bond motifs is 3. The van der Waals surface area contributed by atoms with E-state index in [1.165, 1.54) is 12.1 Å². The zero-order valence-corrected chi connectivity index (χ0v) is 14.8. The molecule has 2 aromatic heterocycles. The van der Waals surface area contributed by atoms with E-state index in [1.807, 2.05) is 4.57 Å². The highest BCUT2D eigenvalue weighted by Crippen LogP contribution is 2.34.